The lowest BCUT2D eigenvalue weighted by Crippen LogP contribution is -2.32. The minimum Gasteiger partial charge on any atom is -0.454 e. The fourth-order valence-corrected chi connectivity index (χ4v) is 2.50. The Morgan fingerprint density at radius 1 is 1.00 bits per heavy atom. The van der Waals surface area contributed by atoms with E-state index in [1.165, 1.54) is 25.1 Å². The molecule has 2 N–H and O–H groups in total. The van der Waals surface area contributed by atoms with E-state index in [1.54, 1.807) is 24.3 Å². The minimum atomic E-state index is -0.772. The van der Waals surface area contributed by atoms with Crippen LogP contribution in [0, 0.1) is 0 Å². The Hall–Kier alpha value is -3.88. The largest absolute Gasteiger partial charge is 0.454 e. The highest BCUT2D eigenvalue weighted by atomic mass is 16.7. The van der Waals surface area contributed by atoms with Crippen LogP contribution in [-0.2, 0) is 14.3 Å². The predicted molar refractivity (Wildman–Crippen MR) is 101 cm³/mol. The van der Waals surface area contributed by atoms with Crippen molar-refractivity contribution in [1.82, 2.24) is 5.32 Å². The van der Waals surface area contributed by atoms with Gasteiger partial charge >= 0.3 is 5.97 Å². The van der Waals surface area contributed by atoms with E-state index in [9.17, 15) is 19.2 Å². The third kappa shape index (κ3) is 5.32. The first-order valence-electron chi connectivity index (χ1n) is 8.66. The third-order valence-corrected chi connectivity index (χ3v) is 3.95. The van der Waals surface area contributed by atoms with Crippen LogP contribution in [0.4, 0.5) is 5.69 Å². The summed E-state index contributed by atoms with van der Waals surface area (Å²) in [5.41, 5.74) is 1.16. The molecular weight excluding hydrogens is 380 g/mol. The number of ketones is 1. The molecule has 0 aliphatic carbocycles. The van der Waals surface area contributed by atoms with Gasteiger partial charge in [-0.15, -0.1) is 0 Å². The zero-order valence-electron chi connectivity index (χ0n) is 15.5. The van der Waals surface area contributed by atoms with E-state index in [2.05, 4.69) is 10.6 Å². The molecule has 1 heterocycles. The van der Waals surface area contributed by atoms with E-state index in [1.807, 2.05) is 0 Å². The van der Waals surface area contributed by atoms with Gasteiger partial charge in [0.05, 0.1) is 0 Å². The topological polar surface area (TPSA) is 120 Å². The number of nitrogens with one attached hydrogen (secondary N) is 2. The molecule has 1 aliphatic rings. The summed E-state index contributed by atoms with van der Waals surface area (Å²) in [4.78, 5) is 47.1. The quantitative estimate of drug-likeness (QED) is 0.536. The van der Waals surface area contributed by atoms with Gasteiger partial charge < -0.3 is 24.8 Å². The van der Waals surface area contributed by atoms with Gasteiger partial charge in [0.2, 0.25) is 6.79 Å². The lowest BCUT2D eigenvalue weighted by Gasteiger charge is -2.08. The molecule has 9 nitrogen and oxygen atoms in total. The van der Waals surface area contributed by atoms with E-state index in [0.29, 0.717) is 28.3 Å². The Bertz CT molecular complexity index is 971. The molecule has 0 saturated heterocycles. The molecule has 0 spiro atoms. The fourth-order valence-electron chi connectivity index (χ4n) is 2.50. The lowest BCUT2D eigenvalue weighted by molar-refractivity contribution is -0.146. The summed E-state index contributed by atoms with van der Waals surface area (Å²) in [7, 11) is 0. The van der Waals surface area contributed by atoms with Crippen LogP contribution < -0.4 is 20.1 Å². The molecule has 0 bridgehead atoms. The summed E-state index contributed by atoms with van der Waals surface area (Å²) in [6.07, 6.45) is 0. The summed E-state index contributed by atoms with van der Waals surface area (Å²) in [6, 6.07) is 11.0. The number of esters is 1. The molecule has 0 saturated carbocycles. The number of anilines is 1. The van der Waals surface area contributed by atoms with Crippen LogP contribution in [0.5, 0.6) is 11.5 Å². The number of carbonyl (C=O) groups excluding carboxylic acids is 4. The second kappa shape index (κ2) is 8.87. The number of hydrogen-bond donors (Lipinski definition) is 2. The van der Waals surface area contributed by atoms with Crippen LogP contribution in [0.25, 0.3) is 0 Å². The van der Waals surface area contributed by atoms with Gasteiger partial charge in [0.15, 0.2) is 23.9 Å². The molecule has 29 heavy (non-hydrogen) atoms. The summed E-state index contributed by atoms with van der Waals surface area (Å²) < 4.78 is 15.2. The lowest BCUT2D eigenvalue weighted by atomic mass is 10.1. The maximum atomic E-state index is 12.1. The highest BCUT2D eigenvalue weighted by molar-refractivity contribution is 5.98. The summed E-state index contributed by atoms with van der Waals surface area (Å²) in [6.45, 7) is 0.581. The molecule has 3 rings (SSSR count). The van der Waals surface area contributed by atoms with E-state index < -0.39 is 30.9 Å². The monoisotopic (exact) mass is 398 g/mol. The smallest absolute Gasteiger partial charge is 0.325 e. The average molecular weight is 398 g/mol. The Morgan fingerprint density at radius 2 is 1.79 bits per heavy atom. The van der Waals surface area contributed by atoms with Gasteiger partial charge in [-0.25, -0.2) is 0 Å². The SMILES string of the molecule is CC(=O)c1cccc(NC(=O)COC(=O)CNC(=O)c2ccc3c(c2)OCO3)c1. The molecule has 2 amide bonds. The first-order chi connectivity index (χ1) is 13.9. The molecule has 0 fully saturated rings. The first kappa shape index (κ1) is 19.9. The second-order valence-electron chi connectivity index (χ2n) is 6.10. The molecule has 150 valence electrons. The van der Waals surface area contributed by atoms with Crippen LogP contribution >= 0.6 is 0 Å². The van der Waals surface area contributed by atoms with Crippen molar-refractivity contribution in [2.24, 2.45) is 0 Å². The fraction of sp³-hybridized carbons (Fsp3) is 0.200. The molecule has 2 aromatic carbocycles. The second-order valence-corrected chi connectivity index (χ2v) is 6.10. The number of carbonyl (C=O) groups is 4. The van der Waals surface area contributed by atoms with Gasteiger partial charge in [0.1, 0.15) is 6.54 Å². The molecule has 0 atom stereocenters. The van der Waals surface area contributed by atoms with Crippen molar-refractivity contribution in [1.29, 1.82) is 0 Å². The highest BCUT2D eigenvalue weighted by Crippen LogP contribution is 2.32. The summed E-state index contributed by atoms with van der Waals surface area (Å²) >= 11 is 0. The minimum absolute atomic E-state index is 0.0911. The van der Waals surface area contributed by atoms with Crippen LogP contribution in [0.3, 0.4) is 0 Å². The first-order valence-corrected chi connectivity index (χ1v) is 8.66. The maximum Gasteiger partial charge on any atom is 0.325 e. The normalized spacial score (nSPS) is 11.5. The maximum absolute atomic E-state index is 12.1. The Morgan fingerprint density at radius 3 is 2.59 bits per heavy atom. The van der Waals surface area contributed by atoms with Crippen LogP contribution in [0.1, 0.15) is 27.6 Å². The van der Waals surface area contributed by atoms with Gasteiger partial charge in [-0.2, -0.15) is 0 Å². The van der Waals surface area contributed by atoms with Gasteiger partial charge in [0.25, 0.3) is 11.8 Å². The number of Topliss-reactive ketones (excluding diaryl/α,β-unsaturated/α-hetero) is 1. The predicted octanol–water partition coefficient (Wildman–Crippen LogP) is 1.53. The summed E-state index contributed by atoms with van der Waals surface area (Å²) in [5.74, 6) is -0.976. The van der Waals surface area contributed by atoms with Gasteiger partial charge in [-0.1, -0.05) is 12.1 Å². The average Bonchev–Trinajstić information content (AvgIpc) is 3.18. The number of amides is 2. The molecule has 9 heteroatoms. The van der Waals surface area contributed by atoms with E-state index in [-0.39, 0.29) is 12.6 Å². The van der Waals surface area contributed by atoms with Crippen molar-refractivity contribution in [2.45, 2.75) is 6.92 Å². The van der Waals surface area contributed by atoms with Crippen molar-refractivity contribution in [2.75, 3.05) is 25.3 Å². The highest BCUT2D eigenvalue weighted by Gasteiger charge is 2.17. The zero-order chi connectivity index (χ0) is 20.8. The van der Waals surface area contributed by atoms with Crippen molar-refractivity contribution in [3.05, 3.63) is 53.6 Å². The number of fused-ring (bicyclic) bond motifs is 1. The molecule has 0 aromatic heterocycles. The van der Waals surface area contributed by atoms with Crippen molar-refractivity contribution in [3.63, 3.8) is 0 Å². The molecule has 2 aromatic rings. The van der Waals surface area contributed by atoms with Crippen LogP contribution in [-0.4, -0.2) is 43.5 Å². The standard InChI is InChI=1S/C20H18N2O7/c1-12(23)13-3-2-4-15(7-13)22-18(24)10-27-19(25)9-21-20(26)14-5-6-16-17(8-14)29-11-28-16/h2-8H,9-11H2,1H3,(H,21,26)(H,22,24). The number of hydrogen-bond acceptors (Lipinski definition) is 7. The summed E-state index contributed by atoms with van der Waals surface area (Å²) in [5, 5.41) is 4.93. The number of rotatable bonds is 7. The number of benzene rings is 2. The Labute approximate surface area is 165 Å². The van der Waals surface area contributed by atoms with E-state index >= 15 is 0 Å². The number of ether oxygens (including phenoxy) is 3. The van der Waals surface area contributed by atoms with Crippen LogP contribution in [0.2, 0.25) is 0 Å². The molecule has 1 aliphatic heterocycles. The van der Waals surface area contributed by atoms with Crippen molar-refractivity contribution in [3.8, 4) is 11.5 Å². The van der Waals surface area contributed by atoms with Crippen molar-refractivity contribution < 1.29 is 33.4 Å². The van der Waals surface area contributed by atoms with Crippen molar-refractivity contribution >= 4 is 29.3 Å². The Kier molecular flexibility index (Phi) is 6.08. The van der Waals surface area contributed by atoms with Gasteiger partial charge in [-0.05, 0) is 37.3 Å². The third-order valence-electron chi connectivity index (χ3n) is 3.95. The zero-order valence-corrected chi connectivity index (χ0v) is 15.5. The molecular formula is C20H18N2O7. The van der Waals surface area contributed by atoms with Crippen LogP contribution in [0.15, 0.2) is 42.5 Å². The molecule has 0 unspecified atom stereocenters. The Balaban J connectivity index is 1.42. The molecule has 0 radical (unpaired) electrons. The van der Waals surface area contributed by atoms with Gasteiger partial charge in [-0.3, -0.25) is 19.2 Å². The van der Waals surface area contributed by atoms with E-state index in [4.69, 9.17) is 14.2 Å². The van der Waals surface area contributed by atoms with E-state index in [0.717, 1.165) is 0 Å². The van der Waals surface area contributed by atoms with Gasteiger partial charge in [0, 0.05) is 16.8 Å².